The summed E-state index contributed by atoms with van der Waals surface area (Å²) in [4.78, 5) is 73.0. The molecule has 6 aromatic carbocycles. The van der Waals surface area contributed by atoms with Gasteiger partial charge in [-0.15, -0.1) is 0 Å². The summed E-state index contributed by atoms with van der Waals surface area (Å²) >= 11 is 0. The second-order valence-corrected chi connectivity index (χ2v) is 27.2. The van der Waals surface area contributed by atoms with E-state index in [1.165, 1.54) is 0 Å². The zero-order valence-electron chi connectivity index (χ0n) is 48.9. The number of hydrogen-bond donors (Lipinski definition) is 5. The average Bonchev–Trinajstić information content (AvgIpc) is 3.30. The second-order valence-electron chi connectivity index (χ2n) is 20.7. The van der Waals surface area contributed by atoms with Crippen molar-refractivity contribution in [3.8, 4) is 0 Å². The van der Waals surface area contributed by atoms with Crippen LogP contribution in [0.15, 0.2) is 72.8 Å². The van der Waals surface area contributed by atoms with E-state index < -0.39 is 55.9 Å². The third-order valence-electron chi connectivity index (χ3n) is 13.6. The van der Waals surface area contributed by atoms with Crippen molar-refractivity contribution in [2.24, 2.45) is 0 Å². The molecule has 0 aromatic heterocycles. The number of aryl methyl sites for hydroxylation is 18. The molecule has 0 saturated carbocycles. The minimum absolute atomic E-state index is 0.159. The Bertz CT molecular complexity index is 3120. The SMILES string of the molecule is CO.COP(=O)(C(=O)c1c(C)cc(C)cc1C)C(=O)c1c(C)cc(C)cc1C.Cc1cc(C)c(C(=O)P(=O)(O)C(=O)c2c(C)cc(C)cc2C)c(C)c1.Cc1cc(C)c(C(O)P(=O)(O)C(O)c2c(C)cc(C)cc2C)c(C)c1. The smallest absolute Gasteiger partial charge is 0.339 e. The number of rotatable bonds is 13. The Kier molecular flexibility index (Phi) is 22.8. The zero-order chi connectivity index (χ0) is 60.0. The van der Waals surface area contributed by atoms with Crippen LogP contribution in [0, 0.1) is 125 Å². The van der Waals surface area contributed by atoms with E-state index in [2.05, 4.69) is 0 Å². The van der Waals surface area contributed by atoms with Gasteiger partial charge in [-0.1, -0.05) is 106 Å². The van der Waals surface area contributed by atoms with Gasteiger partial charge in [0, 0.05) is 36.5 Å². The number of aliphatic hydroxyl groups is 3. The molecule has 0 aliphatic carbocycles. The van der Waals surface area contributed by atoms with Crippen molar-refractivity contribution in [3.63, 3.8) is 0 Å². The van der Waals surface area contributed by atoms with Gasteiger partial charge in [0.2, 0.25) is 0 Å². The van der Waals surface area contributed by atoms with Crippen LogP contribution in [0.4, 0.5) is 0 Å². The van der Waals surface area contributed by atoms with Crippen LogP contribution < -0.4 is 0 Å². The van der Waals surface area contributed by atoms with E-state index in [4.69, 9.17) is 9.63 Å². The number of benzene rings is 6. The van der Waals surface area contributed by atoms with Crippen molar-refractivity contribution < 1.29 is 62.5 Å². The molecule has 78 heavy (non-hydrogen) atoms. The van der Waals surface area contributed by atoms with Gasteiger partial charge >= 0.3 is 14.7 Å². The summed E-state index contributed by atoms with van der Waals surface area (Å²) < 4.78 is 44.4. The van der Waals surface area contributed by atoms with E-state index >= 15 is 0 Å². The molecule has 0 aliphatic rings. The normalized spacial score (nSPS) is 12.8. The van der Waals surface area contributed by atoms with Crippen molar-refractivity contribution in [2.75, 3.05) is 14.2 Å². The Labute approximate surface area is 461 Å². The monoisotopic (exact) mass is 1120 g/mol. The van der Waals surface area contributed by atoms with Gasteiger partial charge in [-0.25, -0.2) is 0 Å². The minimum Gasteiger partial charge on any atom is -0.400 e. The fraction of sp³-hybridized carbons (Fsp3) is 0.355. The highest BCUT2D eigenvalue weighted by Gasteiger charge is 2.45. The van der Waals surface area contributed by atoms with Crippen molar-refractivity contribution in [2.45, 2.75) is 136 Å². The lowest BCUT2D eigenvalue weighted by molar-refractivity contribution is 0.0994. The topological polar surface area (TPSA) is 230 Å². The van der Waals surface area contributed by atoms with Gasteiger partial charge in [0.15, 0.2) is 11.7 Å². The largest absolute Gasteiger partial charge is 0.400 e. The third kappa shape index (κ3) is 14.4. The van der Waals surface area contributed by atoms with Crippen LogP contribution in [0.2, 0.25) is 0 Å². The zero-order valence-corrected chi connectivity index (χ0v) is 51.6. The summed E-state index contributed by atoms with van der Waals surface area (Å²) in [7, 11) is -11.2. The van der Waals surface area contributed by atoms with Crippen LogP contribution in [0.1, 0.15) is 164 Å². The summed E-state index contributed by atoms with van der Waals surface area (Å²) in [5.41, 5.74) is 12.4. The van der Waals surface area contributed by atoms with Gasteiger partial charge in [0.25, 0.3) is 29.5 Å². The summed E-state index contributed by atoms with van der Waals surface area (Å²) in [6.07, 6.45) is 0. The molecule has 2 unspecified atom stereocenters. The molecule has 0 heterocycles. The van der Waals surface area contributed by atoms with E-state index in [1.54, 1.807) is 107 Å². The Morgan fingerprint density at radius 3 is 0.692 bits per heavy atom. The molecular weight excluding hydrogens is 1050 g/mol. The Balaban J connectivity index is 0.000000303. The summed E-state index contributed by atoms with van der Waals surface area (Å²) in [5, 5.41) is 28.4. The van der Waals surface area contributed by atoms with E-state index in [-0.39, 0.29) is 11.1 Å². The highest BCUT2D eigenvalue weighted by Crippen LogP contribution is 2.65. The van der Waals surface area contributed by atoms with E-state index in [9.17, 15) is 52.9 Å². The van der Waals surface area contributed by atoms with Crippen LogP contribution in [-0.2, 0) is 18.2 Å². The highest BCUT2D eigenvalue weighted by molar-refractivity contribution is 7.91. The van der Waals surface area contributed by atoms with Crippen LogP contribution in [0.5, 0.6) is 0 Å². The average molecular weight is 1130 g/mol. The quantitative estimate of drug-likeness (QED) is 0.0679. The minimum atomic E-state index is -4.73. The maximum Gasteiger partial charge on any atom is 0.339 e. The molecule has 0 fully saturated rings. The predicted octanol–water partition coefficient (Wildman–Crippen LogP) is 14.3. The number of hydrogen-bond acceptors (Lipinski definition) is 11. The first-order valence-corrected chi connectivity index (χ1v) is 30.3. The molecule has 6 aromatic rings. The van der Waals surface area contributed by atoms with E-state index in [1.807, 2.05) is 90.1 Å². The molecule has 16 heteroatoms. The third-order valence-corrected chi connectivity index (χ3v) is 19.1. The van der Waals surface area contributed by atoms with Gasteiger partial charge in [0.05, 0.1) is 0 Å². The van der Waals surface area contributed by atoms with E-state index in [0.717, 1.165) is 69.9 Å². The molecule has 0 radical (unpaired) electrons. The van der Waals surface area contributed by atoms with Gasteiger partial charge in [-0.05, 0) is 203 Å². The molecule has 13 nitrogen and oxygen atoms in total. The first kappa shape index (κ1) is 66.7. The molecule has 0 amide bonds. The molecule has 5 N–H and O–H groups in total. The standard InChI is InChI=1S/C21H25O4P.C20H27O4P.C20H23O4P.CH4O/c1-12-8-14(3)18(15(4)9-12)20(22)26(24,25-7)21(23)19-16(5)10-13(2)11-17(19)6;2*1-11-7-13(3)17(14(4)8-11)19(21)25(23,24)20(22)18-15(5)9-12(2)10-16(18)6;1-2/h8-11H,1-7H3;7-10,19-22H,1-6H3,(H,23,24);7-10H,1-6H3,(H,23,24);2H,1H3. The Hall–Kier alpha value is -5.55. The summed E-state index contributed by atoms with van der Waals surface area (Å²) in [6, 6.07) is 21.9. The fourth-order valence-corrected chi connectivity index (χ4v) is 15.8. The maximum absolute atomic E-state index is 13.4. The number of carbonyl (C=O) groups is 4. The summed E-state index contributed by atoms with van der Waals surface area (Å²) in [5.74, 6) is -3.27. The maximum atomic E-state index is 13.4. The molecule has 0 spiro atoms. The van der Waals surface area contributed by atoms with Gasteiger partial charge < -0.3 is 29.6 Å². The molecule has 6 rings (SSSR count). The second kappa shape index (κ2) is 26.6. The Morgan fingerprint density at radius 1 is 0.346 bits per heavy atom. The van der Waals surface area contributed by atoms with Crippen molar-refractivity contribution in [3.05, 3.63) is 206 Å². The first-order chi connectivity index (χ1) is 35.9. The lowest BCUT2D eigenvalue weighted by Crippen LogP contribution is -2.16. The highest BCUT2D eigenvalue weighted by atomic mass is 31.2. The van der Waals surface area contributed by atoms with Crippen LogP contribution in [-0.4, -0.2) is 61.4 Å². The number of carbonyl (C=O) groups excluding carboxylic acids is 4. The van der Waals surface area contributed by atoms with Gasteiger partial charge in [-0.3, -0.25) is 32.9 Å². The van der Waals surface area contributed by atoms with Gasteiger partial charge in [-0.2, -0.15) is 0 Å². The van der Waals surface area contributed by atoms with Crippen molar-refractivity contribution >= 4 is 44.2 Å². The van der Waals surface area contributed by atoms with Crippen LogP contribution >= 0.6 is 22.1 Å². The lowest BCUT2D eigenvalue weighted by atomic mass is 10.0. The van der Waals surface area contributed by atoms with Crippen molar-refractivity contribution in [1.29, 1.82) is 0 Å². The first-order valence-electron chi connectivity index (χ1n) is 25.2. The molecular formula is C62H79O13P3. The lowest BCUT2D eigenvalue weighted by Gasteiger charge is -2.28. The van der Waals surface area contributed by atoms with E-state index in [0.29, 0.717) is 66.8 Å². The number of aliphatic hydroxyl groups excluding tert-OH is 3. The molecule has 0 bridgehead atoms. The molecule has 2 atom stereocenters. The Morgan fingerprint density at radius 2 is 0.513 bits per heavy atom. The summed E-state index contributed by atoms with van der Waals surface area (Å²) in [6.45, 7) is 32.6. The predicted molar refractivity (Wildman–Crippen MR) is 314 cm³/mol. The molecule has 420 valence electrons. The van der Waals surface area contributed by atoms with Gasteiger partial charge in [0.1, 0.15) is 0 Å². The van der Waals surface area contributed by atoms with Crippen LogP contribution in [0.25, 0.3) is 0 Å². The van der Waals surface area contributed by atoms with Crippen LogP contribution in [0.3, 0.4) is 0 Å². The molecule has 0 saturated heterocycles. The van der Waals surface area contributed by atoms with Crippen molar-refractivity contribution in [1.82, 2.24) is 0 Å². The fourth-order valence-electron chi connectivity index (χ4n) is 10.7. The molecule has 0 aliphatic heterocycles.